The van der Waals surface area contributed by atoms with Gasteiger partial charge in [0.25, 0.3) is 0 Å². The van der Waals surface area contributed by atoms with E-state index < -0.39 is 5.41 Å². The average molecular weight is 338 g/mol. The molecule has 0 spiro atoms. The molecule has 0 fully saturated rings. The van der Waals surface area contributed by atoms with Crippen LogP contribution in [0.5, 0.6) is 0 Å². The molecule has 134 valence electrons. The molecule has 25 heavy (non-hydrogen) atoms. The summed E-state index contributed by atoms with van der Waals surface area (Å²) in [7, 11) is 0. The lowest BCUT2D eigenvalue weighted by Crippen LogP contribution is -2.39. The Morgan fingerprint density at radius 1 is 0.840 bits per heavy atom. The van der Waals surface area contributed by atoms with Gasteiger partial charge in [-0.15, -0.1) is 0 Å². The van der Waals surface area contributed by atoms with E-state index in [-0.39, 0.29) is 17.5 Å². The first-order chi connectivity index (χ1) is 11.5. The van der Waals surface area contributed by atoms with E-state index in [9.17, 15) is 4.79 Å². The Balaban J connectivity index is 2.11. The van der Waals surface area contributed by atoms with Crippen LogP contribution in [-0.4, -0.2) is 5.97 Å². The van der Waals surface area contributed by atoms with Gasteiger partial charge in [-0.05, 0) is 49.8 Å². The molecule has 0 aromatic heterocycles. The van der Waals surface area contributed by atoms with E-state index in [1.165, 1.54) is 11.1 Å². The van der Waals surface area contributed by atoms with Crippen molar-refractivity contribution in [1.29, 1.82) is 0 Å². The lowest BCUT2D eigenvalue weighted by atomic mass is 9.69. The van der Waals surface area contributed by atoms with Gasteiger partial charge in [0, 0.05) is 0 Å². The third-order valence-corrected chi connectivity index (χ3v) is 5.43. The number of benzene rings is 2. The van der Waals surface area contributed by atoms with Crippen LogP contribution in [0.15, 0.2) is 48.5 Å². The van der Waals surface area contributed by atoms with Gasteiger partial charge in [0.15, 0.2) is 0 Å². The van der Waals surface area contributed by atoms with E-state index in [0.29, 0.717) is 0 Å². The van der Waals surface area contributed by atoms with E-state index in [2.05, 4.69) is 64.1 Å². The first-order valence-electron chi connectivity index (χ1n) is 8.90. The van der Waals surface area contributed by atoms with Gasteiger partial charge in [0.05, 0.1) is 5.41 Å². The smallest absolute Gasteiger partial charge is 0.312 e. The third-order valence-electron chi connectivity index (χ3n) is 5.43. The maximum atomic E-state index is 12.6. The Labute approximate surface area is 152 Å². The maximum Gasteiger partial charge on any atom is 0.312 e. The van der Waals surface area contributed by atoms with Crippen molar-refractivity contribution in [2.75, 3.05) is 0 Å². The van der Waals surface area contributed by atoms with Crippen LogP contribution in [0.1, 0.15) is 58.8 Å². The Morgan fingerprint density at radius 3 is 1.72 bits per heavy atom. The van der Waals surface area contributed by atoms with Gasteiger partial charge >= 0.3 is 5.97 Å². The Kier molecular flexibility index (Phi) is 5.41. The normalized spacial score (nSPS) is 13.4. The molecule has 0 saturated carbocycles. The Hall–Kier alpha value is -2.09. The quantitative estimate of drug-likeness (QED) is 0.608. The summed E-state index contributed by atoms with van der Waals surface area (Å²) in [6.07, 6.45) is -0.263. The SMILES string of the molecule is Cc1ccc(-c2ccc(C(C)OC(=O)C(C)(C)C(C)(C)C)cc2)cc1. The number of hydrogen-bond acceptors (Lipinski definition) is 2. The first-order valence-corrected chi connectivity index (χ1v) is 8.90. The number of aryl methyl sites for hydroxylation is 1. The van der Waals surface area contributed by atoms with Gasteiger partial charge in [0.1, 0.15) is 6.10 Å². The molecule has 0 saturated heterocycles. The molecule has 0 aliphatic heterocycles. The van der Waals surface area contributed by atoms with Crippen molar-refractivity contribution in [2.24, 2.45) is 10.8 Å². The predicted molar refractivity (Wildman–Crippen MR) is 104 cm³/mol. The molecule has 1 unspecified atom stereocenters. The van der Waals surface area contributed by atoms with E-state index in [4.69, 9.17) is 4.74 Å². The van der Waals surface area contributed by atoms with Crippen molar-refractivity contribution in [3.05, 3.63) is 59.7 Å². The Morgan fingerprint density at radius 2 is 1.28 bits per heavy atom. The second-order valence-electron chi connectivity index (χ2n) is 8.41. The summed E-state index contributed by atoms with van der Waals surface area (Å²) in [5.74, 6) is -0.157. The van der Waals surface area contributed by atoms with Gasteiger partial charge in [-0.2, -0.15) is 0 Å². The zero-order chi connectivity index (χ0) is 18.8. The molecule has 0 N–H and O–H groups in total. The van der Waals surface area contributed by atoms with Crippen molar-refractivity contribution in [3.8, 4) is 11.1 Å². The summed E-state index contributed by atoms with van der Waals surface area (Å²) in [6.45, 7) is 14.1. The molecule has 0 radical (unpaired) electrons. The van der Waals surface area contributed by atoms with Crippen LogP contribution in [0.4, 0.5) is 0 Å². The standard InChI is InChI=1S/C23H30O2/c1-16-8-10-19(11-9-16)20-14-12-18(13-15-20)17(2)25-21(24)23(6,7)22(3,4)5/h8-15,17H,1-7H3. The molecular formula is C23H30O2. The summed E-state index contributed by atoms with van der Waals surface area (Å²) in [4.78, 5) is 12.6. The highest BCUT2D eigenvalue weighted by Crippen LogP contribution is 2.40. The highest BCUT2D eigenvalue weighted by molar-refractivity contribution is 5.77. The molecule has 2 heteroatoms. The summed E-state index contributed by atoms with van der Waals surface area (Å²) in [6, 6.07) is 16.7. The fourth-order valence-electron chi connectivity index (χ4n) is 2.37. The van der Waals surface area contributed by atoms with Crippen LogP contribution in [-0.2, 0) is 9.53 Å². The maximum absolute atomic E-state index is 12.6. The second kappa shape index (κ2) is 7.03. The van der Waals surface area contributed by atoms with E-state index in [1.54, 1.807) is 0 Å². The lowest BCUT2D eigenvalue weighted by Gasteiger charge is -2.37. The van der Waals surface area contributed by atoms with Crippen molar-refractivity contribution >= 4 is 5.97 Å². The number of carbonyl (C=O) groups excluding carboxylic acids is 1. The monoisotopic (exact) mass is 338 g/mol. The lowest BCUT2D eigenvalue weighted by molar-refractivity contribution is -0.165. The molecule has 1 atom stereocenters. The summed E-state index contributed by atoms with van der Waals surface area (Å²) < 4.78 is 5.75. The van der Waals surface area contributed by atoms with Gasteiger partial charge in [-0.1, -0.05) is 74.9 Å². The van der Waals surface area contributed by atoms with Crippen LogP contribution < -0.4 is 0 Å². The Bertz CT molecular complexity index is 716. The molecular weight excluding hydrogens is 308 g/mol. The van der Waals surface area contributed by atoms with Crippen LogP contribution >= 0.6 is 0 Å². The summed E-state index contributed by atoms with van der Waals surface area (Å²) in [5.41, 5.74) is 3.92. The van der Waals surface area contributed by atoms with Crippen LogP contribution in [0.2, 0.25) is 0 Å². The van der Waals surface area contributed by atoms with Gasteiger partial charge in [-0.25, -0.2) is 0 Å². The van der Waals surface area contributed by atoms with Gasteiger partial charge < -0.3 is 4.74 Å². The minimum absolute atomic E-state index is 0.154. The van der Waals surface area contributed by atoms with Crippen molar-refractivity contribution < 1.29 is 9.53 Å². The van der Waals surface area contributed by atoms with E-state index in [0.717, 1.165) is 11.1 Å². The van der Waals surface area contributed by atoms with E-state index in [1.807, 2.05) is 32.9 Å². The second-order valence-corrected chi connectivity index (χ2v) is 8.41. The zero-order valence-electron chi connectivity index (χ0n) is 16.5. The third kappa shape index (κ3) is 4.31. The fraction of sp³-hybridized carbons (Fsp3) is 0.435. The molecule has 2 rings (SSSR count). The summed E-state index contributed by atoms with van der Waals surface area (Å²) >= 11 is 0. The van der Waals surface area contributed by atoms with Crippen LogP contribution in [0.25, 0.3) is 11.1 Å². The molecule has 2 nitrogen and oxygen atoms in total. The van der Waals surface area contributed by atoms with Crippen molar-refractivity contribution in [2.45, 2.75) is 54.6 Å². The van der Waals surface area contributed by atoms with Gasteiger partial charge in [-0.3, -0.25) is 4.79 Å². The average Bonchev–Trinajstić information content (AvgIpc) is 2.54. The van der Waals surface area contributed by atoms with Crippen LogP contribution in [0, 0.1) is 17.8 Å². The predicted octanol–water partition coefficient (Wildman–Crippen LogP) is 6.34. The number of hydrogen-bond donors (Lipinski definition) is 0. The van der Waals surface area contributed by atoms with E-state index >= 15 is 0 Å². The summed E-state index contributed by atoms with van der Waals surface area (Å²) in [5, 5.41) is 0. The van der Waals surface area contributed by atoms with Crippen molar-refractivity contribution in [3.63, 3.8) is 0 Å². The minimum atomic E-state index is -0.539. The topological polar surface area (TPSA) is 26.3 Å². The fourth-order valence-corrected chi connectivity index (χ4v) is 2.37. The highest BCUT2D eigenvalue weighted by Gasteiger charge is 2.41. The minimum Gasteiger partial charge on any atom is -0.457 e. The largest absolute Gasteiger partial charge is 0.457 e. The number of rotatable bonds is 4. The molecule has 2 aromatic carbocycles. The number of carbonyl (C=O) groups is 1. The molecule has 0 amide bonds. The number of esters is 1. The molecule has 0 aliphatic carbocycles. The van der Waals surface area contributed by atoms with Crippen LogP contribution in [0.3, 0.4) is 0 Å². The molecule has 2 aromatic rings. The zero-order valence-corrected chi connectivity index (χ0v) is 16.5. The molecule has 0 aliphatic rings. The van der Waals surface area contributed by atoms with Gasteiger partial charge in [0.2, 0.25) is 0 Å². The molecule has 0 bridgehead atoms. The molecule has 0 heterocycles. The number of ether oxygens (including phenoxy) is 1. The first kappa shape index (κ1) is 19.2. The highest BCUT2D eigenvalue weighted by atomic mass is 16.5. The van der Waals surface area contributed by atoms with Crippen molar-refractivity contribution in [1.82, 2.24) is 0 Å².